The van der Waals surface area contributed by atoms with Crippen molar-refractivity contribution < 1.29 is 32.3 Å². The van der Waals surface area contributed by atoms with Gasteiger partial charge in [0.25, 0.3) is 11.8 Å². The van der Waals surface area contributed by atoms with Crippen LogP contribution in [0.3, 0.4) is 0 Å². The lowest BCUT2D eigenvalue weighted by Gasteiger charge is -2.21. The third-order valence-corrected chi connectivity index (χ3v) is 8.83. The Bertz CT molecular complexity index is 1600. The van der Waals surface area contributed by atoms with Crippen molar-refractivity contribution in [2.75, 3.05) is 38.1 Å². The van der Waals surface area contributed by atoms with Crippen LogP contribution in [-0.4, -0.2) is 81.3 Å². The molecule has 1 aromatic heterocycles. The van der Waals surface area contributed by atoms with Crippen LogP contribution < -0.4 is 10.1 Å². The Morgan fingerprint density at radius 1 is 0.933 bits per heavy atom. The molecule has 0 spiro atoms. The van der Waals surface area contributed by atoms with E-state index in [1.807, 2.05) is 12.1 Å². The number of benzene rings is 2. The number of rotatable bonds is 9. The van der Waals surface area contributed by atoms with E-state index >= 15 is 0 Å². The average molecular weight is 643 g/mol. The zero-order chi connectivity index (χ0) is 31.9. The number of aromatic nitrogens is 3. The summed E-state index contributed by atoms with van der Waals surface area (Å²) in [6, 6.07) is 13.6. The fourth-order valence-electron chi connectivity index (χ4n) is 6.12. The van der Waals surface area contributed by atoms with Gasteiger partial charge in [-0.05, 0) is 54.8 Å². The van der Waals surface area contributed by atoms with Crippen molar-refractivity contribution in [3.8, 4) is 6.01 Å². The molecular weight excluding hydrogens is 613 g/mol. The van der Waals surface area contributed by atoms with E-state index in [-0.39, 0.29) is 34.9 Å². The van der Waals surface area contributed by atoms with Gasteiger partial charge in [-0.25, -0.2) is 0 Å². The van der Waals surface area contributed by atoms with Crippen molar-refractivity contribution in [1.82, 2.24) is 24.8 Å². The Kier molecular flexibility index (Phi) is 8.14. The number of ether oxygens (including phenoxy) is 1. The number of nitrogens with one attached hydrogen (secondary N) is 1. The average Bonchev–Trinajstić information content (AvgIpc) is 3.49. The van der Waals surface area contributed by atoms with Gasteiger partial charge in [-0.15, -0.1) is 0 Å². The van der Waals surface area contributed by atoms with Crippen molar-refractivity contribution in [2.45, 2.75) is 37.8 Å². The fraction of sp³-hybridized carbons (Fsp3) is 0.419. The number of hydrogen-bond acceptors (Lipinski definition) is 8. The molecule has 236 valence electrons. The smallest absolute Gasteiger partial charge is 0.422 e. The highest BCUT2D eigenvalue weighted by Crippen LogP contribution is 2.50. The first-order valence-electron chi connectivity index (χ1n) is 14.5. The summed E-state index contributed by atoms with van der Waals surface area (Å²) in [7, 11) is 0. The quantitative estimate of drug-likeness (QED) is 0.337. The molecule has 2 atom stereocenters. The van der Waals surface area contributed by atoms with Crippen LogP contribution in [0.25, 0.3) is 0 Å². The molecule has 14 heteroatoms. The van der Waals surface area contributed by atoms with Crippen molar-refractivity contribution in [2.24, 2.45) is 11.8 Å². The van der Waals surface area contributed by atoms with Crippen molar-refractivity contribution >= 4 is 40.8 Å². The number of amides is 2. The lowest BCUT2D eigenvalue weighted by molar-refractivity contribution is -0.154. The van der Waals surface area contributed by atoms with Gasteiger partial charge in [0.15, 0.2) is 6.61 Å². The van der Waals surface area contributed by atoms with Gasteiger partial charge in [-0.2, -0.15) is 28.1 Å². The number of halogens is 4. The fourth-order valence-corrected chi connectivity index (χ4v) is 6.25. The zero-order valence-electron chi connectivity index (χ0n) is 24.3. The van der Waals surface area contributed by atoms with E-state index in [2.05, 4.69) is 20.3 Å². The Hall–Kier alpha value is -4.26. The number of hydrogen-bond donors (Lipinski definition) is 1. The zero-order valence-corrected chi connectivity index (χ0v) is 25.1. The normalized spacial score (nSPS) is 20.1. The maximum Gasteiger partial charge on any atom is 0.422 e. The van der Waals surface area contributed by atoms with Crippen LogP contribution in [0.1, 0.15) is 41.5 Å². The Morgan fingerprint density at radius 3 is 2.13 bits per heavy atom. The molecule has 2 saturated heterocycles. The number of alkyl halides is 3. The van der Waals surface area contributed by atoms with Crippen molar-refractivity contribution in [1.29, 1.82) is 0 Å². The number of carbonyl (C=O) groups excluding carboxylic acids is 3. The molecule has 3 heterocycles. The summed E-state index contributed by atoms with van der Waals surface area (Å²) in [6.45, 7) is 1.63. The Labute approximate surface area is 261 Å². The van der Waals surface area contributed by atoms with E-state index < -0.39 is 30.5 Å². The number of likely N-dealkylation sites (tertiary alicyclic amines) is 2. The molecule has 3 fully saturated rings. The highest BCUT2D eigenvalue weighted by atomic mass is 35.5. The summed E-state index contributed by atoms with van der Waals surface area (Å²) in [5.41, 5.74) is 1.77. The molecule has 10 nitrogen and oxygen atoms in total. The number of carbonyl (C=O) groups is 3. The molecule has 1 N–H and O–H groups in total. The number of ketones is 1. The number of Topliss-reactive ketones (excluding diaryl/α,β-unsaturated/α-hetero) is 1. The van der Waals surface area contributed by atoms with E-state index in [0.717, 1.165) is 18.4 Å². The molecule has 2 amide bonds. The standard InChI is InChI=1S/C31H30ClF3N6O4/c1-18(42)26(43)40-13-20-15-41(16-21(20)14-40)27(44)19-2-8-24(9-3-19)36-28-37-25(38-29(39-28)45-17-31(33,34)35)12-30(10-11-30)22-4-6-23(32)7-5-22/h2-9,20-21H,10-17H2,1H3,(H,36,37,38,39). The summed E-state index contributed by atoms with van der Waals surface area (Å²) in [4.78, 5) is 52.7. The van der Waals surface area contributed by atoms with Gasteiger partial charge >= 0.3 is 12.2 Å². The minimum Gasteiger partial charge on any atom is -0.454 e. The second-order valence-electron chi connectivity index (χ2n) is 11.9. The third kappa shape index (κ3) is 7.03. The Morgan fingerprint density at radius 2 is 1.56 bits per heavy atom. The number of fused-ring (bicyclic) bond motifs is 1. The number of anilines is 2. The lowest BCUT2D eigenvalue weighted by Crippen LogP contribution is -2.37. The highest BCUT2D eigenvalue weighted by Gasteiger charge is 2.45. The maximum absolute atomic E-state index is 13.2. The summed E-state index contributed by atoms with van der Waals surface area (Å²) in [5.74, 6) is -0.572. The summed E-state index contributed by atoms with van der Waals surface area (Å²) < 4.78 is 43.6. The number of nitrogens with zero attached hydrogens (tertiary/aromatic N) is 5. The first-order valence-corrected chi connectivity index (χ1v) is 14.9. The van der Waals surface area contributed by atoms with Crippen LogP contribution in [0.4, 0.5) is 24.8 Å². The van der Waals surface area contributed by atoms with Gasteiger partial charge in [-0.3, -0.25) is 14.4 Å². The van der Waals surface area contributed by atoms with Crippen LogP contribution in [0.15, 0.2) is 48.5 Å². The second-order valence-corrected chi connectivity index (χ2v) is 12.4. The molecule has 2 aliphatic heterocycles. The second kappa shape index (κ2) is 11.9. The SMILES string of the molecule is CC(=O)C(=O)N1CC2CN(C(=O)c3ccc(Nc4nc(CC5(c6ccc(Cl)cc6)CC5)nc(OCC(F)(F)F)n4)cc3)CC2C1. The van der Waals surface area contributed by atoms with Gasteiger partial charge in [0.1, 0.15) is 5.82 Å². The molecule has 2 aromatic carbocycles. The summed E-state index contributed by atoms with van der Waals surface area (Å²) >= 11 is 6.04. The topological polar surface area (TPSA) is 118 Å². The molecule has 0 radical (unpaired) electrons. The van der Waals surface area contributed by atoms with Gasteiger partial charge in [0.05, 0.1) is 0 Å². The highest BCUT2D eigenvalue weighted by molar-refractivity contribution is 6.35. The van der Waals surface area contributed by atoms with E-state index in [4.69, 9.17) is 16.3 Å². The minimum absolute atomic E-state index is 0.0141. The molecular formula is C31H30ClF3N6O4. The van der Waals surface area contributed by atoms with E-state index in [1.54, 1.807) is 46.2 Å². The molecule has 45 heavy (non-hydrogen) atoms. The first-order chi connectivity index (χ1) is 21.4. The predicted molar refractivity (Wildman–Crippen MR) is 157 cm³/mol. The molecule has 1 saturated carbocycles. The van der Waals surface area contributed by atoms with Crippen molar-refractivity contribution in [3.05, 3.63) is 70.5 Å². The van der Waals surface area contributed by atoms with E-state index in [1.165, 1.54) is 6.92 Å². The predicted octanol–water partition coefficient (Wildman–Crippen LogP) is 4.60. The molecule has 3 aromatic rings. The third-order valence-electron chi connectivity index (χ3n) is 8.58. The molecule has 2 unspecified atom stereocenters. The van der Waals surface area contributed by atoms with Crippen LogP contribution in [-0.2, 0) is 21.4 Å². The Balaban J connectivity index is 1.14. The summed E-state index contributed by atoms with van der Waals surface area (Å²) in [6.07, 6.45) is -2.46. The van der Waals surface area contributed by atoms with Gasteiger partial charge < -0.3 is 19.9 Å². The van der Waals surface area contributed by atoms with E-state index in [9.17, 15) is 27.6 Å². The largest absolute Gasteiger partial charge is 0.454 e. The monoisotopic (exact) mass is 642 g/mol. The van der Waals surface area contributed by atoms with Gasteiger partial charge in [-0.1, -0.05) is 23.7 Å². The van der Waals surface area contributed by atoms with Gasteiger partial charge in [0.2, 0.25) is 11.7 Å². The molecule has 3 aliphatic rings. The van der Waals surface area contributed by atoms with Crippen LogP contribution >= 0.6 is 11.6 Å². The maximum atomic E-state index is 13.2. The molecule has 1 aliphatic carbocycles. The van der Waals surface area contributed by atoms with Crippen molar-refractivity contribution in [3.63, 3.8) is 0 Å². The first kappa shape index (κ1) is 30.8. The van der Waals surface area contributed by atoms with E-state index in [0.29, 0.717) is 48.9 Å². The molecule has 6 rings (SSSR count). The van der Waals surface area contributed by atoms with Crippen LogP contribution in [0.2, 0.25) is 5.02 Å². The summed E-state index contributed by atoms with van der Waals surface area (Å²) in [5, 5.41) is 3.60. The van der Waals surface area contributed by atoms with Crippen LogP contribution in [0.5, 0.6) is 6.01 Å². The van der Waals surface area contributed by atoms with Gasteiger partial charge in [0, 0.05) is 73.0 Å². The van der Waals surface area contributed by atoms with Crippen LogP contribution in [0, 0.1) is 11.8 Å². The minimum atomic E-state index is -4.57. The lowest BCUT2D eigenvalue weighted by atomic mass is 9.92. The molecule has 0 bridgehead atoms.